The van der Waals surface area contributed by atoms with Gasteiger partial charge in [0.05, 0.1) is 16.7 Å². The van der Waals surface area contributed by atoms with E-state index in [-0.39, 0.29) is 0 Å². The molecule has 8 aromatic carbocycles. The van der Waals surface area contributed by atoms with Crippen molar-refractivity contribution in [3.8, 4) is 27.9 Å². The minimum Gasteiger partial charge on any atom is -0.310 e. The first-order valence-electron chi connectivity index (χ1n) is 16.5. The first-order valence-corrected chi connectivity index (χ1v) is 16.5. The minimum atomic E-state index is 1.11. The molecule has 9 rings (SSSR count). The molecule has 0 saturated carbocycles. The summed E-state index contributed by atoms with van der Waals surface area (Å²) in [7, 11) is 0. The lowest BCUT2D eigenvalue weighted by Gasteiger charge is -2.28. The molecule has 0 aliphatic heterocycles. The fraction of sp³-hybridized carbons (Fsp3) is 0. The van der Waals surface area contributed by atoms with E-state index in [1.807, 2.05) is 0 Å². The van der Waals surface area contributed by atoms with Crippen molar-refractivity contribution in [2.24, 2.45) is 0 Å². The third-order valence-electron chi connectivity index (χ3n) is 9.35. The van der Waals surface area contributed by atoms with Gasteiger partial charge in [-0.05, 0) is 70.6 Å². The van der Waals surface area contributed by atoms with E-state index >= 15 is 0 Å². The Morgan fingerprint density at radius 1 is 0.396 bits per heavy atom. The van der Waals surface area contributed by atoms with Gasteiger partial charge in [-0.15, -0.1) is 0 Å². The maximum absolute atomic E-state index is 2.44. The zero-order valence-electron chi connectivity index (χ0n) is 26.4. The van der Waals surface area contributed by atoms with Crippen LogP contribution in [0.1, 0.15) is 0 Å². The molecule has 0 atom stereocenters. The fourth-order valence-corrected chi connectivity index (χ4v) is 7.26. The first kappa shape index (κ1) is 27.9. The van der Waals surface area contributed by atoms with Crippen LogP contribution in [-0.2, 0) is 0 Å². The quantitative estimate of drug-likeness (QED) is 0.181. The van der Waals surface area contributed by atoms with E-state index < -0.39 is 0 Å². The standard InChI is InChI=1S/C46H32N2/c1-4-16-33(17-5-1)39-25-12-13-28-43(39)47(36-20-6-2-7-21-36)38-24-14-19-35(32-38)40-27-15-29-44-45(40)42-31-30-34-18-10-11-26-41(34)46(42)48(44)37-22-8-3-9-23-37/h1-32H. The van der Waals surface area contributed by atoms with Crippen LogP contribution in [0.2, 0.25) is 0 Å². The van der Waals surface area contributed by atoms with Gasteiger partial charge in [0.1, 0.15) is 0 Å². The molecule has 0 radical (unpaired) electrons. The monoisotopic (exact) mass is 612 g/mol. The van der Waals surface area contributed by atoms with Gasteiger partial charge in [0.15, 0.2) is 0 Å². The molecule has 226 valence electrons. The van der Waals surface area contributed by atoms with Gasteiger partial charge in [-0.25, -0.2) is 0 Å². The maximum Gasteiger partial charge on any atom is 0.0619 e. The summed E-state index contributed by atoms with van der Waals surface area (Å²) < 4.78 is 2.44. The zero-order chi connectivity index (χ0) is 31.9. The molecule has 0 N–H and O–H groups in total. The van der Waals surface area contributed by atoms with Gasteiger partial charge in [-0.3, -0.25) is 0 Å². The van der Waals surface area contributed by atoms with E-state index in [1.54, 1.807) is 0 Å². The van der Waals surface area contributed by atoms with Crippen LogP contribution in [0.4, 0.5) is 17.1 Å². The van der Waals surface area contributed by atoms with Crippen molar-refractivity contribution in [3.63, 3.8) is 0 Å². The smallest absolute Gasteiger partial charge is 0.0619 e. The van der Waals surface area contributed by atoms with Gasteiger partial charge in [-0.2, -0.15) is 0 Å². The highest BCUT2D eigenvalue weighted by Crippen LogP contribution is 2.44. The highest BCUT2D eigenvalue weighted by Gasteiger charge is 2.20. The van der Waals surface area contributed by atoms with Crippen LogP contribution in [0.25, 0.3) is 60.5 Å². The Balaban J connectivity index is 1.30. The van der Waals surface area contributed by atoms with Gasteiger partial charge in [0.25, 0.3) is 0 Å². The van der Waals surface area contributed by atoms with Crippen molar-refractivity contribution in [1.82, 2.24) is 4.57 Å². The Morgan fingerprint density at radius 3 is 1.85 bits per heavy atom. The average Bonchev–Trinajstić information content (AvgIpc) is 3.52. The van der Waals surface area contributed by atoms with E-state index in [0.717, 1.165) is 22.7 Å². The number of hydrogen-bond donors (Lipinski definition) is 0. The Bertz CT molecular complexity index is 2550. The highest BCUT2D eigenvalue weighted by atomic mass is 15.1. The zero-order valence-corrected chi connectivity index (χ0v) is 26.4. The molecule has 2 heteroatoms. The third-order valence-corrected chi connectivity index (χ3v) is 9.35. The molecule has 0 unspecified atom stereocenters. The van der Waals surface area contributed by atoms with Gasteiger partial charge < -0.3 is 9.47 Å². The number of fused-ring (bicyclic) bond motifs is 5. The van der Waals surface area contributed by atoms with E-state index in [1.165, 1.54) is 54.8 Å². The molecule has 0 fully saturated rings. The number of hydrogen-bond acceptors (Lipinski definition) is 1. The molecule has 0 amide bonds. The summed E-state index contributed by atoms with van der Waals surface area (Å²) in [6.45, 7) is 0. The average molecular weight is 613 g/mol. The van der Waals surface area contributed by atoms with E-state index in [2.05, 4.69) is 204 Å². The molecular formula is C46H32N2. The molecule has 0 aliphatic carbocycles. The second-order valence-corrected chi connectivity index (χ2v) is 12.2. The second kappa shape index (κ2) is 11.8. The number of nitrogens with zero attached hydrogens (tertiary/aromatic N) is 2. The normalized spacial score (nSPS) is 11.3. The first-order chi connectivity index (χ1) is 23.8. The SMILES string of the molecule is c1ccc(-c2ccccc2N(c2ccccc2)c2cccc(-c3cccc4c3c3ccc5ccccc5c3n4-c3ccccc3)c2)cc1. The molecule has 48 heavy (non-hydrogen) atoms. The molecule has 0 saturated heterocycles. The van der Waals surface area contributed by atoms with Crippen LogP contribution in [-0.4, -0.2) is 4.57 Å². The van der Waals surface area contributed by atoms with Crippen LogP contribution in [0.15, 0.2) is 194 Å². The number of para-hydroxylation sites is 3. The Morgan fingerprint density at radius 2 is 1.02 bits per heavy atom. The molecule has 1 aromatic heterocycles. The summed E-state index contributed by atoms with van der Waals surface area (Å²) in [5.41, 5.74) is 11.7. The predicted octanol–water partition coefficient (Wildman–Crippen LogP) is 12.7. The summed E-state index contributed by atoms with van der Waals surface area (Å²) >= 11 is 0. The highest BCUT2D eigenvalue weighted by molar-refractivity contribution is 6.22. The number of anilines is 3. The van der Waals surface area contributed by atoms with Gasteiger partial charge in [0, 0.05) is 38.8 Å². The minimum absolute atomic E-state index is 1.11. The molecule has 0 spiro atoms. The van der Waals surface area contributed by atoms with E-state index in [9.17, 15) is 0 Å². The summed E-state index contributed by atoms with van der Waals surface area (Å²) in [5, 5.41) is 5.00. The third kappa shape index (κ3) is 4.66. The number of benzene rings is 8. The van der Waals surface area contributed by atoms with Crippen molar-refractivity contribution in [3.05, 3.63) is 194 Å². The summed E-state index contributed by atoms with van der Waals surface area (Å²) in [5.74, 6) is 0. The topological polar surface area (TPSA) is 8.17 Å². The largest absolute Gasteiger partial charge is 0.310 e. The van der Waals surface area contributed by atoms with Crippen LogP contribution >= 0.6 is 0 Å². The summed E-state index contributed by atoms with van der Waals surface area (Å²) in [4.78, 5) is 2.38. The van der Waals surface area contributed by atoms with Crippen LogP contribution < -0.4 is 4.90 Å². The van der Waals surface area contributed by atoms with Gasteiger partial charge in [-0.1, -0.05) is 146 Å². The number of aromatic nitrogens is 1. The second-order valence-electron chi connectivity index (χ2n) is 12.2. The molecular weight excluding hydrogens is 581 g/mol. The lowest BCUT2D eigenvalue weighted by molar-refractivity contribution is 1.19. The van der Waals surface area contributed by atoms with Gasteiger partial charge in [0.2, 0.25) is 0 Å². The lowest BCUT2D eigenvalue weighted by atomic mass is 9.97. The van der Waals surface area contributed by atoms with Crippen LogP contribution in [0, 0.1) is 0 Å². The number of rotatable bonds is 6. The van der Waals surface area contributed by atoms with Crippen LogP contribution in [0.3, 0.4) is 0 Å². The van der Waals surface area contributed by atoms with Crippen molar-refractivity contribution in [2.75, 3.05) is 4.90 Å². The van der Waals surface area contributed by atoms with E-state index in [4.69, 9.17) is 0 Å². The molecule has 0 aliphatic rings. The van der Waals surface area contributed by atoms with Crippen molar-refractivity contribution < 1.29 is 0 Å². The van der Waals surface area contributed by atoms with Gasteiger partial charge >= 0.3 is 0 Å². The Labute approximate surface area is 280 Å². The molecule has 9 aromatic rings. The van der Waals surface area contributed by atoms with Crippen molar-refractivity contribution in [1.29, 1.82) is 0 Å². The summed E-state index contributed by atoms with van der Waals surface area (Å²) in [6.07, 6.45) is 0. The molecule has 1 heterocycles. The van der Waals surface area contributed by atoms with E-state index in [0.29, 0.717) is 0 Å². The lowest BCUT2D eigenvalue weighted by Crippen LogP contribution is -2.11. The molecule has 0 bridgehead atoms. The fourth-order valence-electron chi connectivity index (χ4n) is 7.26. The molecule has 2 nitrogen and oxygen atoms in total. The van der Waals surface area contributed by atoms with Crippen molar-refractivity contribution in [2.45, 2.75) is 0 Å². The predicted molar refractivity (Wildman–Crippen MR) is 204 cm³/mol. The Kier molecular flexibility index (Phi) is 6.84. The maximum atomic E-state index is 2.44. The van der Waals surface area contributed by atoms with Crippen LogP contribution in [0.5, 0.6) is 0 Å². The van der Waals surface area contributed by atoms with Crippen molar-refractivity contribution >= 4 is 49.6 Å². The summed E-state index contributed by atoms with van der Waals surface area (Å²) in [6, 6.07) is 69.8. The Hall–Kier alpha value is -6.38.